The maximum atomic E-state index is 13.6. The van der Waals surface area contributed by atoms with Gasteiger partial charge in [0.05, 0.1) is 0 Å². The van der Waals surface area contributed by atoms with Gasteiger partial charge in [0.1, 0.15) is 5.82 Å². The fourth-order valence-electron chi connectivity index (χ4n) is 1.29. The third-order valence-electron chi connectivity index (χ3n) is 2.11. The van der Waals surface area contributed by atoms with Gasteiger partial charge >= 0.3 is 0 Å². The third kappa shape index (κ3) is 2.59. The predicted molar refractivity (Wildman–Crippen MR) is 62.7 cm³/mol. The van der Waals surface area contributed by atoms with Gasteiger partial charge in [-0.15, -0.1) is 0 Å². The van der Waals surface area contributed by atoms with Crippen LogP contribution in [0.15, 0.2) is 52.5 Å². The van der Waals surface area contributed by atoms with E-state index in [4.69, 9.17) is 5.73 Å². The van der Waals surface area contributed by atoms with E-state index in [1.54, 1.807) is 18.5 Å². The maximum absolute atomic E-state index is 13.6. The first-order valence-electron chi connectivity index (χ1n) is 4.86. The van der Waals surface area contributed by atoms with Crippen molar-refractivity contribution in [3.8, 4) is 0 Å². The fourth-order valence-corrected chi connectivity index (χ4v) is 2.09. The van der Waals surface area contributed by atoms with Gasteiger partial charge in [-0.1, -0.05) is 17.8 Å². The second kappa shape index (κ2) is 5.09. The molecule has 0 unspecified atom stereocenters. The minimum Gasteiger partial charge on any atom is -0.326 e. The van der Waals surface area contributed by atoms with Crippen molar-refractivity contribution in [2.45, 2.75) is 16.3 Å². The van der Waals surface area contributed by atoms with Crippen LogP contribution in [0.3, 0.4) is 0 Å². The average molecular weight is 234 g/mol. The lowest BCUT2D eigenvalue weighted by Crippen LogP contribution is -1.96. The standard InChI is InChI=1S/C12H11FN2S/c13-11-7-9(8-14)1-2-12(11)16-10-3-5-15-6-4-10/h1-7H,8,14H2. The Morgan fingerprint density at radius 1 is 1.19 bits per heavy atom. The molecule has 0 amide bonds. The molecule has 0 aliphatic heterocycles. The van der Waals surface area contributed by atoms with Crippen LogP contribution in [0.25, 0.3) is 0 Å². The lowest BCUT2D eigenvalue weighted by Gasteiger charge is -2.04. The zero-order chi connectivity index (χ0) is 11.4. The van der Waals surface area contributed by atoms with Crippen molar-refractivity contribution >= 4 is 11.8 Å². The van der Waals surface area contributed by atoms with Crippen LogP contribution in [0.4, 0.5) is 4.39 Å². The molecule has 0 bridgehead atoms. The molecule has 2 rings (SSSR count). The molecule has 2 nitrogen and oxygen atoms in total. The first-order chi connectivity index (χ1) is 7.79. The first-order valence-corrected chi connectivity index (χ1v) is 5.67. The Hall–Kier alpha value is -1.39. The molecule has 1 aromatic carbocycles. The van der Waals surface area contributed by atoms with Gasteiger partial charge in [-0.2, -0.15) is 0 Å². The summed E-state index contributed by atoms with van der Waals surface area (Å²) in [6.45, 7) is 0.358. The zero-order valence-corrected chi connectivity index (χ0v) is 9.38. The van der Waals surface area contributed by atoms with E-state index in [-0.39, 0.29) is 5.82 Å². The van der Waals surface area contributed by atoms with Gasteiger partial charge in [-0.3, -0.25) is 4.98 Å². The van der Waals surface area contributed by atoms with Gasteiger partial charge in [0.2, 0.25) is 0 Å². The molecule has 82 valence electrons. The van der Waals surface area contributed by atoms with E-state index in [9.17, 15) is 4.39 Å². The Morgan fingerprint density at radius 2 is 1.94 bits per heavy atom. The van der Waals surface area contributed by atoms with E-state index in [1.807, 2.05) is 18.2 Å². The van der Waals surface area contributed by atoms with Gasteiger partial charge in [0.25, 0.3) is 0 Å². The molecule has 0 fully saturated rings. The van der Waals surface area contributed by atoms with E-state index in [0.717, 1.165) is 10.5 Å². The molecule has 0 spiro atoms. The van der Waals surface area contributed by atoms with Crippen LogP contribution in [0, 0.1) is 5.82 Å². The summed E-state index contributed by atoms with van der Waals surface area (Å²) < 4.78 is 13.6. The summed E-state index contributed by atoms with van der Waals surface area (Å²) in [5, 5.41) is 0. The van der Waals surface area contributed by atoms with Crippen molar-refractivity contribution in [2.24, 2.45) is 5.73 Å². The zero-order valence-electron chi connectivity index (χ0n) is 8.56. The highest BCUT2D eigenvalue weighted by atomic mass is 32.2. The van der Waals surface area contributed by atoms with Crippen molar-refractivity contribution in [3.05, 3.63) is 54.1 Å². The predicted octanol–water partition coefficient (Wildman–Crippen LogP) is 2.83. The Morgan fingerprint density at radius 3 is 2.56 bits per heavy atom. The number of hydrogen-bond donors (Lipinski definition) is 1. The Bertz CT molecular complexity index is 474. The first kappa shape index (κ1) is 11.1. The molecule has 1 heterocycles. The number of nitrogens with zero attached hydrogens (tertiary/aromatic N) is 1. The molecule has 0 radical (unpaired) electrons. The van der Waals surface area contributed by atoms with Crippen LogP contribution in [0.5, 0.6) is 0 Å². The molecule has 16 heavy (non-hydrogen) atoms. The number of nitrogens with two attached hydrogens (primary N) is 1. The SMILES string of the molecule is NCc1ccc(Sc2ccncc2)c(F)c1. The number of benzene rings is 1. The van der Waals surface area contributed by atoms with E-state index >= 15 is 0 Å². The lowest BCUT2D eigenvalue weighted by molar-refractivity contribution is 0.599. The summed E-state index contributed by atoms with van der Waals surface area (Å²) in [5.74, 6) is -0.232. The summed E-state index contributed by atoms with van der Waals surface area (Å²) in [4.78, 5) is 5.48. The fraction of sp³-hybridized carbons (Fsp3) is 0.0833. The van der Waals surface area contributed by atoms with Crippen LogP contribution < -0.4 is 5.73 Å². The highest BCUT2D eigenvalue weighted by Gasteiger charge is 2.04. The maximum Gasteiger partial charge on any atom is 0.137 e. The molecule has 4 heteroatoms. The van der Waals surface area contributed by atoms with Crippen LogP contribution in [0.1, 0.15) is 5.56 Å². The van der Waals surface area contributed by atoms with Crippen LogP contribution in [-0.4, -0.2) is 4.98 Å². The molecular weight excluding hydrogens is 223 g/mol. The van der Waals surface area contributed by atoms with E-state index in [2.05, 4.69) is 4.98 Å². The summed E-state index contributed by atoms with van der Waals surface area (Å²) in [6.07, 6.45) is 3.38. The molecule has 0 aliphatic carbocycles. The molecule has 2 aromatic rings. The number of pyridine rings is 1. The minimum atomic E-state index is -0.232. The van der Waals surface area contributed by atoms with Gasteiger partial charge in [-0.25, -0.2) is 4.39 Å². The molecule has 1 aromatic heterocycles. The summed E-state index contributed by atoms with van der Waals surface area (Å²) in [6, 6.07) is 8.76. The van der Waals surface area contributed by atoms with Crippen molar-refractivity contribution in [2.75, 3.05) is 0 Å². The molecule has 2 N–H and O–H groups in total. The summed E-state index contributed by atoms with van der Waals surface area (Å²) in [5.41, 5.74) is 6.24. The second-order valence-electron chi connectivity index (χ2n) is 3.25. The highest BCUT2D eigenvalue weighted by Crippen LogP contribution is 2.29. The normalized spacial score (nSPS) is 10.4. The van der Waals surface area contributed by atoms with E-state index in [1.165, 1.54) is 17.8 Å². The molecule has 0 saturated carbocycles. The number of hydrogen-bond acceptors (Lipinski definition) is 3. The van der Waals surface area contributed by atoms with Gasteiger partial charge in [0, 0.05) is 28.7 Å². The topological polar surface area (TPSA) is 38.9 Å². The average Bonchev–Trinajstić information content (AvgIpc) is 2.33. The van der Waals surface area contributed by atoms with E-state index in [0.29, 0.717) is 11.4 Å². The van der Waals surface area contributed by atoms with E-state index < -0.39 is 0 Å². The minimum absolute atomic E-state index is 0.232. The second-order valence-corrected chi connectivity index (χ2v) is 4.37. The summed E-state index contributed by atoms with van der Waals surface area (Å²) in [7, 11) is 0. The number of halogens is 1. The van der Waals surface area contributed by atoms with Crippen molar-refractivity contribution < 1.29 is 4.39 Å². The molecule has 0 atom stereocenters. The smallest absolute Gasteiger partial charge is 0.137 e. The largest absolute Gasteiger partial charge is 0.326 e. The van der Waals surface area contributed by atoms with Crippen LogP contribution in [0.2, 0.25) is 0 Å². The number of rotatable bonds is 3. The quantitative estimate of drug-likeness (QED) is 0.887. The molecular formula is C12H11FN2S. The lowest BCUT2D eigenvalue weighted by atomic mass is 10.2. The summed E-state index contributed by atoms with van der Waals surface area (Å²) >= 11 is 1.38. The molecule has 0 aliphatic rings. The number of aromatic nitrogens is 1. The monoisotopic (exact) mass is 234 g/mol. The van der Waals surface area contributed by atoms with Crippen molar-refractivity contribution in [3.63, 3.8) is 0 Å². The van der Waals surface area contributed by atoms with Crippen LogP contribution >= 0.6 is 11.8 Å². The Kier molecular flexibility index (Phi) is 3.54. The Balaban J connectivity index is 2.22. The van der Waals surface area contributed by atoms with Crippen molar-refractivity contribution in [1.82, 2.24) is 4.98 Å². The van der Waals surface area contributed by atoms with Crippen LogP contribution in [-0.2, 0) is 6.54 Å². The molecule has 0 saturated heterocycles. The highest BCUT2D eigenvalue weighted by molar-refractivity contribution is 7.99. The third-order valence-corrected chi connectivity index (χ3v) is 3.17. The van der Waals surface area contributed by atoms with Gasteiger partial charge in [0.15, 0.2) is 0 Å². The van der Waals surface area contributed by atoms with Crippen molar-refractivity contribution in [1.29, 1.82) is 0 Å². The Labute approximate surface area is 97.7 Å². The van der Waals surface area contributed by atoms with Gasteiger partial charge in [-0.05, 0) is 29.8 Å². The van der Waals surface area contributed by atoms with Gasteiger partial charge < -0.3 is 5.73 Å².